The van der Waals surface area contributed by atoms with E-state index in [9.17, 15) is 0 Å². The molecule has 0 aromatic carbocycles. The van der Waals surface area contributed by atoms with Crippen molar-refractivity contribution in [2.24, 2.45) is 0 Å². The number of hydrogen-bond acceptors (Lipinski definition) is 6. The van der Waals surface area contributed by atoms with Crippen LogP contribution in [-0.2, 0) is 4.74 Å². The van der Waals surface area contributed by atoms with Gasteiger partial charge in [-0.05, 0) is 49.2 Å². The molecule has 0 unspecified atom stereocenters. The minimum absolute atomic E-state index is 0.00413. The maximum Gasteiger partial charge on any atom is 0.200 e. The molecule has 19 heavy (non-hydrogen) atoms. The quantitative estimate of drug-likeness (QED) is 0.819. The smallest absolute Gasteiger partial charge is 0.200 e. The third-order valence-corrected chi connectivity index (χ3v) is 3.69. The van der Waals surface area contributed by atoms with Crippen LogP contribution in [0.2, 0.25) is 0 Å². The van der Waals surface area contributed by atoms with Crippen LogP contribution < -0.4 is 4.90 Å². The van der Waals surface area contributed by atoms with E-state index in [4.69, 9.17) is 4.74 Å². The molecule has 2 aromatic rings. The first-order valence-corrected chi connectivity index (χ1v) is 6.64. The van der Waals surface area contributed by atoms with Crippen LogP contribution in [-0.4, -0.2) is 50.6 Å². The van der Waals surface area contributed by atoms with Crippen molar-refractivity contribution in [2.45, 2.75) is 32.3 Å². The van der Waals surface area contributed by atoms with Gasteiger partial charge >= 0.3 is 0 Å². The van der Waals surface area contributed by atoms with Crippen LogP contribution in [0.5, 0.6) is 0 Å². The van der Waals surface area contributed by atoms with Crippen LogP contribution in [0.25, 0.3) is 5.65 Å². The van der Waals surface area contributed by atoms with Crippen molar-refractivity contribution in [3.05, 3.63) is 12.1 Å². The number of tetrazole rings is 1. The van der Waals surface area contributed by atoms with Gasteiger partial charge < -0.3 is 9.64 Å². The highest BCUT2D eigenvalue weighted by Gasteiger charge is 2.31. The summed E-state index contributed by atoms with van der Waals surface area (Å²) in [7, 11) is 0. The van der Waals surface area contributed by atoms with Crippen molar-refractivity contribution in [2.75, 3.05) is 24.6 Å². The fourth-order valence-corrected chi connectivity index (χ4v) is 2.51. The summed E-state index contributed by atoms with van der Waals surface area (Å²) in [5.41, 5.74) is 0.671. The lowest BCUT2D eigenvalue weighted by atomic mass is 9.93. The molecule has 0 amide bonds. The van der Waals surface area contributed by atoms with Gasteiger partial charge in [0.05, 0.1) is 5.60 Å². The number of rotatable bonds is 3. The van der Waals surface area contributed by atoms with Gasteiger partial charge in [-0.25, -0.2) is 0 Å². The van der Waals surface area contributed by atoms with E-state index in [1.165, 1.54) is 4.63 Å². The molecule has 1 saturated heterocycles. The van der Waals surface area contributed by atoms with Gasteiger partial charge in [0.2, 0.25) is 0 Å². The molecule has 1 fully saturated rings. The SMILES string of the molecule is CCOC1(C)CCN(c2ccc3nnnn3n2)CC1. The Morgan fingerprint density at radius 3 is 2.84 bits per heavy atom. The van der Waals surface area contributed by atoms with Crippen LogP contribution in [0, 0.1) is 0 Å². The Morgan fingerprint density at radius 2 is 2.11 bits per heavy atom. The van der Waals surface area contributed by atoms with Gasteiger partial charge in [-0.2, -0.15) is 0 Å². The van der Waals surface area contributed by atoms with Crippen LogP contribution in [0.4, 0.5) is 5.82 Å². The molecule has 7 nitrogen and oxygen atoms in total. The normalized spacial score (nSPS) is 18.9. The summed E-state index contributed by atoms with van der Waals surface area (Å²) in [6, 6.07) is 3.85. The lowest BCUT2D eigenvalue weighted by molar-refractivity contribution is -0.0414. The van der Waals surface area contributed by atoms with E-state index >= 15 is 0 Å². The number of anilines is 1. The van der Waals surface area contributed by atoms with Crippen LogP contribution in [0.15, 0.2) is 12.1 Å². The van der Waals surface area contributed by atoms with Gasteiger partial charge in [0, 0.05) is 19.7 Å². The number of fused-ring (bicyclic) bond motifs is 1. The Morgan fingerprint density at radius 1 is 1.32 bits per heavy atom. The zero-order valence-corrected chi connectivity index (χ0v) is 11.3. The lowest BCUT2D eigenvalue weighted by Gasteiger charge is -2.39. The third-order valence-electron chi connectivity index (χ3n) is 3.69. The minimum Gasteiger partial charge on any atom is -0.375 e. The zero-order valence-electron chi connectivity index (χ0n) is 11.3. The predicted octanol–water partition coefficient (Wildman–Crippen LogP) is 0.915. The largest absolute Gasteiger partial charge is 0.375 e. The lowest BCUT2D eigenvalue weighted by Crippen LogP contribution is -2.44. The average Bonchev–Trinajstić information content (AvgIpc) is 2.87. The van der Waals surface area contributed by atoms with Crippen LogP contribution >= 0.6 is 0 Å². The molecule has 3 rings (SSSR count). The predicted molar refractivity (Wildman–Crippen MR) is 70.1 cm³/mol. The summed E-state index contributed by atoms with van der Waals surface area (Å²) in [5.74, 6) is 0.915. The summed E-state index contributed by atoms with van der Waals surface area (Å²) in [4.78, 5) is 2.25. The van der Waals surface area contributed by atoms with Crippen LogP contribution in [0.3, 0.4) is 0 Å². The first-order chi connectivity index (χ1) is 9.20. The molecular weight excluding hydrogens is 244 g/mol. The van der Waals surface area contributed by atoms with Gasteiger partial charge in [-0.15, -0.1) is 14.8 Å². The molecule has 1 aliphatic rings. The van der Waals surface area contributed by atoms with Gasteiger partial charge in [0.15, 0.2) is 11.5 Å². The average molecular weight is 262 g/mol. The molecule has 3 heterocycles. The Hall–Kier alpha value is -1.76. The van der Waals surface area contributed by atoms with Gasteiger partial charge in [0.25, 0.3) is 0 Å². The third kappa shape index (κ3) is 2.37. The van der Waals surface area contributed by atoms with E-state index in [1.807, 2.05) is 19.1 Å². The maximum absolute atomic E-state index is 5.83. The first kappa shape index (κ1) is 12.3. The molecule has 0 atom stereocenters. The molecule has 7 heteroatoms. The molecule has 102 valence electrons. The Balaban J connectivity index is 1.74. The summed E-state index contributed by atoms with van der Waals surface area (Å²) in [6.45, 7) is 6.89. The van der Waals surface area contributed by atoms with E-state index in [2.05, 4.69) is 32.4 Å². The molecule has 0 spiro atoms. The highest BCUT2D eigenvalue weighted by Crippen LogP contribution is 2.27. The van der Waals surface area contributed by atoms with E-state index in [-0.39, 0.29) is 5.60 Å². The van der Waals surface area contributed by atoms with Crippen molar-refractivity contribution in [3.63, 3.8) is 0 Å². The molecule has 0 N–H and O–H groups in total. The Labute approximate surface area is 111 Å². The topological polar surface area (TPSA) is 68.4 Å². The van der Waals surface area contributed by atoms with E-state index in [0.29, 0.717) is 5.65 Å². The highest BCUT2D eigenvalue weighted by molar-refractivity contribution is 5.44. The number of aromatic nitrogens is 5. The number of hydrogen-bond donors (Lipinski definition) is 0. The van der Waals surface area contributed by atoms with Gasteiger partial charge in [0.1, 0.15) is 0 Å². The van der Waals surface area contributed by atoms with E-state index < -0.39 is 0 Å². The van der Waals surface area contributed by atoms with Crippen molar-refractivity contribution >= 4 is 11.5 Å². The Bertz CT molecular complexity index is 560. The molecule has 0 aliphatic carbocycles. The van der Waals surface area contributed by atoms with Gasteiger partial charge in [-0.3, -0.25) is 0 Å². The monoisotopic (exact) mass is 262 g/mol. The maximum atomic E-state index is 5.83. The summed E-state index contributed by atoms with van der Waals surface area (Å²) in [5, 5.41) is 15.7. The Kier molecular flexibility index (Phi) is 3.06. The molecule has 1 aliphatic heterocycles. The van der Waals surface area contributed by atoms with Gasteiger partial charge in [-0.1, -0.05) is 0 Å². The standard InChI is InChI=1S/C12H18N6O/c1-3-19-12(2)6-8-17(9-7-12)11-5-4-10-13-15-16-18(10)14-11/h4-5H,3,6-9H2,1-2H3. The van der Waals surface area contributed by atoms with E-state index in [1.54, 1.807) is 0 Å². The molecule has 0 radical (unpaired) electrons. The first-order valence-electron chi connectivity index (χ1n) is 6.64. The second-order valence-electron chi connectivity index (χ2n) is 5.09. The minimum atomic E-state index is 0.00413. The highest BCUT2D eigenvalue weighted by atomic mass is 16.5. The van der Waals surface area contributed by atoms with Crippen molar-refractivity contribution < 1.29 is 4.74 Å². The van der Waals surface area contributed by atoms with Crippen LogP contribution in [0.1, 0.15) is 26.7 Å². The fraction of sp³-hybridized carbons (Fsp3) is 0.667. The molecule has 2 aromatic heterocycles. The number of piperidine rings is 1. The van der Waals surface area contributed by atoms with Crippen molar-refractivity contribution in [1.29, 1.82) is 0 Å². The molecule has 0 bridgehead atoms. The zero-order chi connectivity index (χ0) is 13.3. The van der Waals surface area contributed by atoms with E-state index in [0.717, 1.165) is 38.4 Å². The number of nitrogens with zero attached hydrogens (tertiary/aromatic N) is 6. The number of ether oxygens (including phenoxy) is 1. The molecule has 0 saturated carbocycles. The second kappa shape index (κ2) is 4.73. The molecular formula is C12H18N6O. The fourth-order valence-electron chi connectivity index (χ4n) is 2.51. The van der Waals surface area contributed by atoms with Crippen molar-refractivity contribution in [1.82, 2.24) is 25.3 Å². The second-order valence-corrected chi connectivity index (χ2v) is 5.09. The summed E-state index contributed by atoms with van der Waals surface area (Å²) < 4.78 is 7.29. The summed E-state index contributed by atoms with van der Waals surface area (Å²) >= 11 is 0. The van der Waals surface area contributed by atoms with Crippen molar-refractivity contribution in [3.8, 4) is 0 Å². The summed E-state index contributed by atoms with van der Waals surface area (Å²) in [6.07, 6.45) is 2.02.